The van der Waals surface area contributed by atoms with E-state index in [0.29, 0.717) is 51.8 Å². The van der Waals surface area contributed by atoms with E-state index in [-0.39, 0.29) is 11.9 Å². The summed E-state index contributed by atoms with van der Waals surface area (Å²) in [5, 5.41) is 6.63. The third-order valence-electron chi connectivity index (χ3n) is 6.44. The van der Waals surface area contributed by atoms with Gasteiger partial charge in [0, 0.05) is 37.1 Å². The summed E-state index contributed by atoms with van der Waals surface area (Å²) in [6.45, 7) is 7.23. The maximum absolute atomic E-state index is 13.2. The minimum absolute atomic E-state index is 0.00913. The van der Waals surface area contributed by atoms with Gasteiger partial charge in [0.1, 0.15) is 23.6 Å². The van der Waals surface area contributed by atoms with Crippen molar-refractivity contribution in [2.24, 2.45) is 5.92 Å². The first-order chi connectivity index (χ1) is 16.1. The molecule has 0 aliphatic carbocycles. The number of nitrogens with zero attached hydrogens (tertiary/aromatic N) is 3. The normalized spacial score (nSPS) is 22.4. The molecule has 3 aromatic rings. The Bertz CT molecular complexity index is 1150. The van der Waals surface area contributed by atoms with Crippen LogP contribution in [0.3, 0.4) is 0 Å². The van der Waals surface area contributed by atoms with E-state index in [1.807, 2.05) is 42.8 Å². The Morgan fingerprint density at radius 1 is 1.30 bits per heavy atom. The first-order valence-corrected chi connectivity index (χ1v) is 12.2. The zero-order valence-corrected chi connectivity index (χ0v) is 19.7. The monoisotopic (exact) mass is 468 g/mol. The van der Waals surface area contributed by atoms with Crippen LogP contribution >= 0.6 is 11.3 Å². The van der Waals surface area contributed by atoms with Gasteiger partial charge in [0.05, 0.1) is 6.61 Å². The largest absolute Gasteiger partial charge is 0.486 e. The van der Waals surface area contributed by atoms with Crippen molar-refractivity contribution in [2.75, 3.05) is 37.8 Å². The number of ether oxygens (including phenoxy) is 3. The van der Waals surface area contributed by atoms with Gasteiger partial charge in [-0.05, 0) is 42.5 Å². The van der Waals surface area contributed by atoms with Gasteiger partial charge in [-0.3, -0.25) is 10.1 Å². The van der Waals surface area contributed by atoms with Crippen LogP contribution in [0.15, 0.2) is 35.8 Å². The van der Waals surface area contributed by atoms with Crippen molar-refractivity contribution in [3.05, 3.63) is 41.4 Å². The number of rotatable bonds is 6. The molecule has 0 amide bonds. The Balaban J connectivity index is 1.34. The molecule has 8 nitrogen and oxygen atoms in total. The predicted octanol–water partition coefficient (Wildman–Crippen LogP) is 3.40. The third kappa shape index (κ3) is 4.22. The molecule has 2 aliphatic rings. The SMILES string of the molecule is CCOC(=O)C1(NCc2ccc3c(c2)OCCO3)CCN(c2ncc3ccsc3n2)CC1C. The molecule has 0 bridgehead atoms. The molecule has 174 valence electrons. The van der Waals surface area contributed by atoms with Gasteiger partial charge in [0.2, 0.25) is 5.95 Å². The van der Waals surface area contributed by atoms with E-state index >= 15 is 0 Å². The van der Waals surface area contributed by atoms with Crippen molar-refractivity contribution in [3.63, 3.8) is 0 Å². The van der Waals surface area contributed by atoms with Gasteiger partial charge in [-0.25, -0.2) is 9.97 Å². The van der Waals surface area contributed by atoms with Crippen LogP contribution in [0.25, 0.3) is 10.2 Å². The van der Waals surface area contributed by atoms with Crippen molar-refractivity contribution < 1.29 is 19.0 Å². The molecular weight excluding hydrogens is 440 g/mol. The van der Waals surface area contributed by atoms with Crippen LogP contribution in [-0.4, -0.2) is 54.4 Å². The number of anilines is 1. The number of carbonyl (C=O) groups excluding carboxylic acids is 1. The lowest BCUT2D eigenvalue weighted by Crippen LogP contribution is -2.64. The molecule has 2 unspecified atom stereocenters. The summed E-state index contributed by atoms with van der Waals surface area (Å²) in [4.78, 5) is 25.6. The number of aromatic nitrogens is 2. The summed E-state index contributed by atoms with van der Waals surface area (Å²) < 4.78 is 16.9. The van der Waals surface area contributed by atoms with Crippen LogP contribution in [0.2, 0.25) is 0 Å². The van der Waals surface area contributed by atoms with Gasteiger partial charge in [0.25, 0.3) is 0 Å². The van der Waals surface area contributed by atoms with Gasteiger partial charge >= 0.3 is 5.97 Å². The number of benzene rings is 1. The van der Waals surface area contributed by atoms with E-state index in [4.69, 9.17) is 19.2 Å². The number of hydrogen-bond donors (Lipinski definition) is 1. The fourth-order valence-corrected chi connectivity index (χ4v) is 5.31. The van der Waals surface area contributed by atoms with Crippen molar-refractivity contribution in [2.45, 2.75) is 32.4 Å². The van der Waals surface area contributed by atoms with Crippen LogP contribution in [0.4, 0.5) is 5.95 Å². The van der Waals surface area contributed by atoms with Crippen molar-refractivity contribution in [1.82, 2.24) is 15.3 Å². The molecule has 4 heterocycles. The van der Waals surface area contributed by atoms with Crippen LogP contribution in [-0.2, 0) is 16.1 Å². The standard InChI is InChI=1S/C24H28N4O4S/c1-3-30-22(29)24(26-13-17-4-5-19-20(12-17)32-10-9-31-19)7-8-28(15-16(24)2)23-25-14-18-6-11-33-21(18)27-23/h4-6,11-12,14,16,26H,3,7-10,13,15H2,1-2H3. The fraction of sp³-hybridized carbons (Fsp3) is 0.458. The predicted molar refractivity (Wildman–Crippen MR) is 127 cm³/mol. The van der Waals surface area contributed by atoms with Crippen molar-refractivity contribution >= 4 is 33.5 Å². The molecule has 33 heavy (non-hydrogen) atoms. The summed E-state index contributed by atoms with van der Waals surface area (Å²) in [6.07, 6.45) is 2.47. The first-order valence-electron chi connectivity index (χ1n) is 11.3. The van der Waals surface area contributed by atoms with Crippen molar-refractivity contribution in [1.29, 1.82) is 0 Å². The molecule has 2 atom stereocenters. The number of thiophene rings is 1. The average molecular weight is 469 g/mol. The van der Waals surface area contributed by atoms with E-state index in [2.05, 4.69) is 22.1 Å². The van der Waals surface area contributed by atoms with Gasteiger partial charge in [-0.2, -0.15) is 0 Å². The maximum Gasteiger partial charge on any atom is 0.326 e. The van der Waals surface area contributed by atoms with E-state index < -0.39 is 5.54 Å². The lowest BCUT2D eigenvalue weighted by atomic mass is 9.78. The highest BCUT2D eigenvalue weighted by Crippen LogP contribution is 2.34. The summed E-state index contributed by atoms with van der Waals surface area (Å²) in [7, 11) is 0. The number of hydrogen-bond acceptors (Lipinski definition) is 9. The number of piperidine rings is 1. The zero-order valence-electron chi connectivity index (χ0n) is 18.9. The Kier molecular flexibility index (Phi) is 6.07. The Hall–Kier alpha value is -2.91. The number of nitrogens with one attached hydrogen (secondary N) is 1. The lowest BCUT2D eigenvalue weighted by molar-refractivity contribution is -0.154. The van der Waals surface area contributed by atoms with Crippen molar-refractivity contribution in [3.8, 4) is 11.5 Å². The van der Waals surface area contributed by atoms with Gasteiger partial charge in [-0.1, -0.05) is 13.0 Å². The molecule has 9 heteroatoms. The second-order valence-electron chi connectivity index (χ2n) is 8.47. The lowest BCUT2D eigenvalue weighted by Gasteiger charge is -2.45. The van der Waals surface area contributed by atoms with Crippen LogP contribution in [0.1, 0.15) is 25.8 Å². The number of esters is 1. The summed E-state index contributed by atoms with van der Waals surface area (Å²) >= 11 is 1.61. The molecule has 1 fully saturated rings. The second kappa shape index (κ2) is 9.15. The van der Waals surface area contributed by atoms with Crippen LogP contribution in [0, 0.1) is 5.92 Å². The Morgan fingerprint density at radius 3 is 2.97 bits per heavy atom. The molecule has 0 radical (unpaired) electrons. The molecule has 1 saturated heterocycles. The average Bonchev–Trinajstić information content (AvgIpc) is 3.31. The van der Waals surface area contributed by atoms with Crippen LogP contribution in [0.5, 0.6) is 11.5 Å². The summed E-state index contributed by atoms with van der Waals surface area (Å²) in [5.74, 6) is 2.00. The summed E-state index contributed by atoms with van der Waals surface area (Å²) in [5.41, 5.74) is 0.247. The third-order valence-corrected chi connectivity index (χ3v) is 7.27. The summed E-state index contributed by atoms with van der Waals surface area (Å²) in [6, 6.07) is 7.93. The topological polar surface area (TPSA) is 85.8 Å². The highest BCUT2D eigenvalue weighted by Gasteiger charge is 2.48. The van der Waals surface area contributed by atoms with E-state index in [1.54, 1.807) is 11.3 Å². The van der Waals surface area contributed by atoms with Gasteiger partial charge in [0.15, 0.2) is 11.5 Å². The maximum atomic E-state index is 13.2. The molecule has 0 saturated carbocycles. The fourth-order valence-electron chi connectivity index (χ4n) is 4.57. The number of fused-ring (bicyclic) bond motifs is 2. The van der Waals surface area contributed by atoms with E-state index in [1.165, 1.54) is 0 Å². The zero-order chi connectivity index (χ0) is 22.8. The highest BCUT2D eigenvalue weighted by molar-refractivity contribution is 7.16. The molecule has 2 aromatic heterocycles. The Labute approximate surface area is 196 Å². The molecule has 2 aliphatic heterocycles. The van der Waals surface area contributed by atoms with E-state index in [0.717, 1.165) is 27.3 Å². The van der Waals surface area contributed by atoms with Gasteiger partial charge in [-0.15, -0.1) is 11.3 Å². The minimum atomic E-state index is -0.785. The second-order valence-corrected chi connectivity index (χ2v) is 9.37. The molecule has 5 rings (SSSR count). The Morgan fingerprint density at radius 2 is 2.15 bits per heavy atom. The highest BCUT2D eigenvalue weighted by atomic mass is 32.1. The smallest absolute Gasteiger partial charge is 0.326 e. The molecule has 1 N–H and O–H groups in total. The molecular formula is C24H28N4O4S. The molecule has 1 aromatic carbocycles. The van der Waals surface area contributed by atoms with E-state index in [9.17, 15) is 4.79 Å². The molecule has 0 spiro atoms. The first kappa shape index (κ1) is 21.9. The van der Waals surface area contributed by atoms with Gasteiger partial charge < -0.3 is 19.1 Å². The quantitative estimate of drug-likeness (QED) is 0.551. The minimum Gasteiger partial charge on any atom is -0.486 e. The van der Waals surface area contributed by atoms with Crippen LogP contribution < -0.4 is 19.7 Å². The number of carbonyl (C=O) groups is 1.